The number of amides is 1. The molecule has 2 aliphatic rings. The number of β-amino-alcohol motifs (C(OH)–C–C–N with tert-alkyl or cyclic N) is 1. The van der Waals surface area contributed by atoms with Crippen LogP contribution < -0.4 is 0 Å². The molecule has 0 spiro atoms. The first-order valence-electron chi connectivity index (χ1n) is 6.85. The van der Waals surface area contributed by atoms with Crippen molar-refractivity contribution in [1.29, 1.82) is 0 Å². The van der Waals surface area contributed by atoms with Crippen molar-refractivity contribution in [2.75, 3.05) is 19.3 Å². The van der Waals surface area contributed by atoms with Crippen LogP contribution in [0, 0.1) is 19.8 Å². The van der Waals surface area contributed by atoms with E-state index in [1.54, 1.807) is 4.90 Å². The van der Waals surface area contributed by atoms with Crippen molar-refractivity contribution in [2.45, 2.75) is 37.3 Å². The number of nitrogens with zero attached hydrogens (tertiary/aromatic N) is 3. The molecule has 0 unspecified atom stereocenters. The summed E-state index contributed by atoms with van der Waals surface area (Å²) in [6.07, 6.45) is 4.08. The molecule has 0 bridgehead atoms. The Balaban J connectivity index is 1.81. The monoisotopic (exact) mass is 293 g/mol. The Kier molecular flexibility index (Phi) is 3.25. The third-order valence-electron chi connectivity index (χ3n) is 4.13. The average Bonchev–Trinajstić information content (AvgIpc) is 3.17. The zero-order valence-electron chi connectivity index (χ0n) is 12.0. The molecule has 6 heteroatoms. The number of aryl methyl sites for hydroxylation is 2. The number of thioether (sulfide) groups is 1. The van der Waals surface area contributed by atoms with Crippen LogP contribution in [0.15, 0.2) is 5.03 Å². The molecule has 108 valence electrons. The lowest BCUT2D eigenvalue weighted by molar-refractivity contribution is -0.0959. The van der Waals surface area contributed by atoms with Gasteiger partial charge < -0.3 is 10.0 Å². The van der Waals surface area contributed by atoms with Gasteiger partial charge in [0.05, 0.1) is 24.3 Å². The Labute approximate surface area is 122 Å². The molecule has 1 N–H and O–H groups in total. The van der Waals surface area contributed by atoms with E-state index in [9.17, 15) is 9.90 Å². The van der Waals surface area contributed by atoms with Gasteiger partial charge in [-0.2, -0.15) is 0 Å². The highest BCUT2D eigenvalue weighted by Crippen LogP contribution is 2.45. The molecule has 2 heterocycles. The van der Waals surface area contributed by atoms with Gasteiger partial charge in [0.25, 0.3) is 5.91 Å². The molecule has 3 rings (SSSR count). The number of hydrogen-bond acceptors (Lipinski definition) is 5. The zero-order chi connectivity index (χ0) is 14.5. The predicted molar refractivity (Wildman–Crippen MR) is 76.9 cm³/mol. The molecule has 1 amide bonds. The maximum Gasteiger partial charge on any atom is 0.258 e. The van der Waals surface area contributed by atoms with E-state index < -0.39 is 5.60 Å². The fourth-order valence-corrected chi connectivity index (χ4v) is 3.53. The summed E-state index contributed by atoms with van der Waals surface area (Å²) in [4.78, 5) is 22.9. The van der Waals surface area contributed by atoms with E-state index in [-0.39, 0.29) is 5.91 Å². The van der Waals surface area contributed by atoms with Crippen LogP contribution >= 0.6 is 11.8 Å². The second kappa shape index (κ2) is 4.70. The van der Waals surface area contributed by atoms with Gasteiger partial charge in [-0.15, -0.1) is 11.8 Å². The van der Waals surface area contributed by atoms with Gasteiger partial charge in [0.15, 0.2) is 0 Å². The van der Waals surface area contributed by atoms with Crippen LogP contribution in [-0.2, 0) is 0 Å². The van der Waals surface area contributed by atoms with Crippen LogP contribution in [0.3, 0.4) is 0 Å². The van der Waals surface area contributed by atoms with Crippen LogP contribution in [0.25, 0.3) is 0 Å². The SMILES string of the molecule is CSc1nc(C)nc(C)c1C(=O)N1CC(O)(C2CC2)C1. The highest BCUT2D eigenvalue weighted by Gasteiger charge is 2.53. The summed E-state index contributed by atoms with van der Waals surface area (Å²) in [6, 6.07) is 0. The van der Waals surface area contributed by atoms with Crippen LogP contribution in [0.1, 0.15) is 34.7 Å². The molecule has 0 atom stereocenters. The van der Waals surface area contributed by atoms with Crippen molar-refractivity contribution in [1.82, 2.24) is 14.9 Å². The summed E-state index contributed by atoms with van der Waals surface area (Å²) in [7, 11) is 0. The molecule has 20 heavy (non-hydrogen) atoms. The average molecular weight is 293 g/mol. The topological polar surface area (TPSA) is 66.3 Å². The van der Waals surface area contributed by atoms with Crippen molar-refractivity contribution in [2.24, 2.45) is 5.92 Å². The second-order valence-electron chi connectivity index (χ2n) is 5.78. The lowest BCUT2D eigenvalue weighted by atomic mass is 9.88. The van der Waals surface area contributed by atoms with Crippen molar-refractivity contribution in [3.05, 3.63) is 17.1 Å². The largest absolute Gasteiger partial charge is 0.386 e. The number of carbonyl (C=O) groups is 1. The molecular formula is C14H19N3O2S. The van der Waals surface area contributed by atoms with Gasteiger partial charge in [0.1, 0.15) is 16.5 Å². The van der Waals surface area contributed by atoms with E-state index in [1.165, 1.54) is 11.8 Å². The fraction of sp³-hybridized carbons (Fsp3) is 0.643. The third kappa shape index (κ3) is 2.20. The highest BCUT2D eigenvalue weighted by molar-refractivity contribution is 7.98. The molecule has 0 aromatic carbocycles. The zero-order valence-corrected chi connectivity index (χ0v) is 12.8. The molecule has 1 aromatic rings. The Bertz CT molecular complexity index is 566. The molecule has 0 radical (unpaired) electrons. The fourth-order valence-electron chi connectivity index (χ4n) is 2.87. The minimum Gasteiger partial charge on any atom is -0.386 e. The van der Waals surface area contributed by atoms with Crippen LogP contribution in [0.2, 0.25) is 0 Å². The Morgan fingerprint density at radius 1 is 1.35 bits per heavy atom. The summed E-state index contributed by atoms with van der Waals surface area (Å²) in [5.74, 6) is 1.01. The van der Waals surface area contributed by atoms with Gasteiger partial charge in [0.2, 0.25) is 0 Å². The molecule has 1 aliphatic heterocycles. The minimum atomic E-state index is -0.644. The van der Waals surface area contributed by atoms with Crippen molar-refractivity contribution >= 4 is 17.7 Å². The van der Waals surface area contributed by atoms with E-state index in [1.807, 2.05) is 20.1 Å². The maximum absolute atomic E-state index is 12.6. The molecular weight excluding hydrogens is 274 g/mol. The summed E-state index contributed by atoms with van der Waals surface area (Å²) >= 11 is 1.46. The van der Waals surface area contributed by atoms with Crippen LogP contribution in [-0.4, -0.2) is 50.8 Å². The molecule has 2 fully saturated rings. The van der Waals surface area contributed by atoms with Crippen LogP contribution in [0.4, 0.5) is 0 Å². The first kappa shape index (κ1) is 13.8. The van der Waals surface area contributed by atoms with Gasteiger partial charge in [-0.05, 0) is 38.9 Å². The quantitative estimate of drug-likeness (QED) is 0.674. The van der Waals surface area contributed by atoms with Crippen molar-refractivity contribution < 1.29 is 9.90 Å². The molecule has 1 aromatic heterocycles. The normalized spacial score (nSPS) is 20.7. The Morgan fingerprint density at radius 2 is 2.00 bits per heavy atom. The predicted octanol–water partition coefficient (Wildman–Crippen LogP) is 1.41. The lowest BCUT2D eigenvalue weighted by Crippen LogP contribution is -2.64. The van der Waals surface area contributed by atoms with E-state index in [0.29, 0.717) is 36.1 Å². The molecule has 5 nitrogen and oxygen atoms in total. The van der Waals surface area contributed by atoms with Crippen molar-refractivity contribution in [3.63, 3.8) is 0 Å². The van der Waals surface area contributed by atoms with E-state index in [0.717, 1.165) is 17.9 Å². The van der Waals surface area contributed by atoms with Crippen LogP contribution in [0.5, 0.6) is 0 Å². The van der Waals surface area contributed by atoms with E-state index in [4.69, 9.17) is 0 Å². The minimum absolute atomic E-state index is 0.0582. The molecule has 1 aliphatic carbocycles. The second-order valence-corrected chi connectivity index (χ2v) is 6.57. The summed E-state index contributed by atoms with van der Waals surface area (Å²) < 4.78 is 0. The van der Waals surface area contributed by atoms with Gasteiger partial charge in [-0.1, -0.05) is 0 Å². The molecule has 1 saturated carbocycles. The summed E-state index contributed by atoms with van der Waals surface area (Å²) in [5, 5.41) is 11.0. The van der Waals surface area contributed by atoms with Gasteiger partial charge in [-0.3, -0.25) is 4.79 Å². The van der Waals surface area contributed by atoms with Gasteiger partial charge >= 0.3 is 0 Å². The highest BCUT2D eigenvalue weighted by atomic mass is 32.2. The smallest absolute Gasteiger partial charge is 0.258 e. The van der Waals surface area contributed by atoms with Crippen molar-refractivity contribution in [3.8, 4) is 0 Å². The Hall–Kier alpha value is -1.14. The Morgan fingerprint density at radius 3 is 2.55 bits per heavy atom. The first-order valence-corrected chi connectivity index (χ1v) is 8.08. The van der Waals surface area contributed by atoms with Gasteiger partial charge in [-0.25, -0.2) is 9.97 Å². The number of rotatable bonds is 3. The maximum atomic E-state index is 12.6. The molecule has 1 saturated heterocycles. The number of carbonyl (C=O) groups excluding carboxylic acids is 1. The third-order valence-corrected chi connectivity index (χ3v) is 4.81. The van der Waals surface area contributed by atoms with E-state index in [2.05, 4.69) is 9.97 Å². The number of hydrogen-bond donors (Lipinski definition) is 1. The standard InChI is InChI=1S/C14H19N3O2S/c1-8-11(12(20-3)16-9(2)15-8)13(18)17-6-14(19,7-17)10-4-5-10/h10,19H,4-7H2,1-3H3. The van der Waals surface area contributed by atoms with Gasteiger partial charge in [0, 0.05) is 0 Å². The number of aromatic nitrogens is 2. The summed E-state index contributed by atoms with van der Waals surface area (Å²) in [6.45, 7) is 4.56. The summed E-state index contributed by atoms with van der Waals surface area (Å²) in [5.41, 5.74) is 0.656. The van der Waals surface area contributed by atoms with E-state index >= 15 is 0 Å². The lowest BCUT2D eigenvalue weighted by Gasteiger charge is -2.47. The number of likely N-dealkylation sites (tertiary alicyclic amines) is 1. The first-order chi connectivity index (χ1) is 9.44. The number of aliphatic hydroxyl groups is 1.